The predicted molar refractivity (Wildman–Crippen MR) is 95.9 cm³/mol. The molecule has 2 aromatic rings. The molecule has 0 aromatic heterocycles. The van der Waals surface area contributed by atoms with E-state index < -0.39 is 17.9 Å². The summed E-state index contributed by atoms with van der Waals surface area (Å²) in [7, 11) is 1.59. The van der Waals surface area contributed by atoms with Gasteiger partial charge >= 0.3 is 5.97 Å². The summed E-state index contributed by atoms with van der Waals surface area (Å²) in [6.45, 7) is 1.48. The molecule has 0 spiro atoms. The number of carbonyl (C=O) groups is 2. The maximum Gasteiger partial charge on any atom is 0.331 e. The van der Waals surface area contributed by atoms with Gasteiger partial charge in [0.1, 0.15) is 5.82 Å². The Bertz CT molecular complexity index is 772. The third-order valence-corrected chi connectivity index (χ3v) is 3.83. The Hall–Kier alpha value is -2.66. The number of benzene rings is 2. The Morgan fingerprint density at radius 2 is 1.84 bits per heavy atom. The number of esters is 1. The van der Waals surface area contributed by atoms with E-state index in [-0.39, 0.29) is 16.5 Å². The normalized spacial score (nSPS) is 12.0. The van der Waals surface area contributed by atoms with Crippen LogP contribution in [0.3, 0.4) is 0 Å². The smallest absolute Gasteiger partial charge is 0.331 e. The van der Waals surface area contributed by atoms with Crippen LogP contribution in [-0.2, 0) is 14.3 Å². The first-order chi connectivity index (χ1) is 11.9. The van der Waals surface area contributed by atoms with Crippen molar-refractivity contribution >= 4 is 35.2 Å². The molecule has 0 fully saturated rings. The van der Waals surface area contributed by atoms with Crippen LogP contribution < -0.4 is 4.90 Å². The number of para-hydroxylation sites is 1. The van der Waals surface area contributed by atoms with E-state index in [2.05, 4.69) is 0 Å². The minimum absolute atomic E-state index is 0.0847. The fourth-order valence-corrected chi connectivity index (χ4v) is 2.36. The van der Waals surface area contributed by atoms with Crippen molar-refractivity contribution in [1.29, 1.82) is 0 Å². The molecule has 4 nitrogen and oxygen atoms in total. The summed E-state index contributed by atoms with van der Waals surface area (Å²) in [5.41, 5.74) is 0.769. The zero-order valence-corrected chi connectivity index (χ0v) is 14.5. The van der Waals surface area contributed by atoms with Gasteiger partial charge in [0.05, 0.1) is 5.02 Å². The standard InChI is InChI=1S/C19H17ClFNO3/c1-13(19(24)22(2)14-7-4-3-5-8-14)25-18(23)12-11-15-16(20)9-6-10-17(15)21/h3-13H,1-2H3/b12-11+. The lowest BCUT2D eigenvalue weighted by molar-refractivity contribution is -0.148. The third-order valence-electron chi connectivity index (χ3n) is 3.50. The summed E-state index contributed by atoms with van der Waals surface area (Å²) < 4.78 is 18.7. The molecule has 0 N–H and O–H groups in total. The minimum atomic E-state index is -0.988. The van der Waals surface area contributed by atoms with Crippen molar-refractivity contribution in [3.05, 3.63) is 71.0 Å². The zero-order chi connectivity index (χ0) is 18.4. The van der Waals surface area contributed by atoms with Crippen LogP contribution in [0.2, 0.25) is 5.02 Å². The van der Waals surface area contributed by atoms with Crippen LogP contribution in [0.1, 0.15) is 12.5 Å². The van der Waals surface area contributed by atoms with Gasteiger partial charge in [-0.05, 0) is 37.3 Å². The first-order valence-corrected chi connectivity index (χ1v) is 7.93. The molecular weight excluding hydrogens is 345 g/mol. The van der Waals surface area contributed by atoms with Crippen molar-refractivity contribution in [2.75, 3.05) is 11.9 Å². The molecule has 1 unspecified atom stereocenters. The molecule has 0 saturated carbocycles. The topological polar surface area (TPSA) is 46.6 Å². The number of anilines is 1. The van der Waals surface area contributed by atoms with Crippen molar-refractivity contribution < 1.29 is 18.7 Å². The second kappa shape index (κ2) is 8.44. The van der Waals surface area contributed by atoms with Gasteiger partial charge in [0.25, 0.3) is 5.91 Å². The highest BCUT2D eigenvalue weighted by molar-refractivity contribution is 6.32. The predicted octanol–water partition coefficient (Wildman–Crippen LogP) is 4.09. The van der Waals surface area contributed by atoms with Crippen LogP contribution in [0.5, 0.6) is 0 Å². The third kappa shape index (κ3) is 4.90. The highest BCUT2D eigenvalue weighted by Gasteiger charge is 2.21. The first-order valence-electron chi connectivity index (χ1n) is 7.55. The number of rotatable bonds is 5. The van der Waals surface area contributed by atoms with Crippen molar-refractivity contribution in [3.63, 3.8) is 0 Å². The molecule has 0 aliphatic carbocycles. The second-order valence-corrected chi connectivity index (χ2v) is 5.69. The summed E-state index contributed by atoms with van der Waals surface area (Å²) in [6, 6.07) is 13.2. The molecule has 1 amide bonds. The molecular formula is C19H17ClFNO3. The molecule has 2 aromatic carbocycles. The van der Waals surface area contributed by atoms with E-state index in [9.17, 15) is 14.0 Å². The van der Waals surface area contributed by atoms with E-state index in [1.165, 1.54) is 36.1 Å². The maximum atomic E-state index is 13.6. The largest absolute Gasteiger partial charge is 0.449 e. The fraction of sp³-hybridized carbons (Fsp3) is 0.158. The Kier molecular flexibility index (Phi) is 6.31. The van der Waals surface area contributed by atoms with Gasteiger partial charge in [-0.3, -0.25) is 4.79 Å². The molecule has 6 heteroatoms. The highest BCUT2D eigenvalue weighted by Crippen LogP contribution is 2.20. The molecule has 130 valence electrons. The van der Waals surface area contributed by atoms with Gasteiger partial charge in [-0.15, -0.1) is 0 Å². The first kappa shape index (κ1) is 18.7. The lowest BCUT2D eigenvalue weighted by Crippen LogP contribution is -2.37. The van der Waals surface area contributed by atoms with Crippen LogP contribution in [0.4, 0.5) is 10.1 Å². The number of nitrogens with zero attached hydrogens (tertiary/aromatic N) is 1. The van der Waals surface area contributed by atoms with Gasteiger partial charge < -0.3 is 9.64 Å². The Labute approximate surface area is 150 Å². The number of likely N-dealkylation sites (N-methyl/N-ethyl adjacent to an activating group) is 1. The molecule has 0 aliphatic heterocycles. The Morgan fingerprint density at radius 3 is 2.48 bits per heavy atom. The lowest BCUT2D eigenvalue weighted by Gasteiger charge is -2.21. The molecule has 0 bridgehead atoms. The Morgan fingerprint density at radius 1 is 1.16 bits per heavy atom. The summed E-state index contributed by atoms with van der Waals surface area (Å²) in [5.74, 6) is -1.69. The number of amides is 1. The van der Waals surface area contributed by atoms with Crippen molar-refractivity contribution in [1.82, 2.24) is 0 Å². The van der Waals surface area contributed by atoms with Crippen molar-refractivity contribution in [3.8, 4) is 0 Å². The summed E-state index contributed by atoms with van der Waals surface area (Å²) >= 11 is 5.87. The van der Waals surface area contributed by atoms with Gasteiger partial charge in [0, 0.05) is 24.4 Å². The molecule has 0 saturated heterocycles. The number of halogens is 2. The number of carbonyl (C=O) groups excluding carboxylic acids is 2. The maximum absolute atomic E-state index is 13.6. The van der Waals surface area contributed by atoms with Crippen molar-refractivity contribution in [2.24, 2.45) is 0 Å². The lowest BCUT2D eigenvalue weighted by atomic mass is 10.2. The molecule has 0 aliphatic rings. The monoisotopic (exact) mass is 361 g/mol. The van der Waals surface area contributed by atoms with Gasteiger partial charge in [-0.25, -0.2) is 9.18 Å². The van der Waals surface area contributed by atoms with Gasteiger partial charge in [0.15, 0.2) is 6.10 Å². The van der Waals surface area contributed by atoms with Gasteiger partial charge in [0.2, 0.25) is 0 Å². The molecule has 25 heavy (non-hydrogen) atoms. The van der Waals surface area contributed by atoms with Crippen LogP contribution >= 0.6 is 11.6 Å². The quantitative estimate of drug-likeness (QED) is 0.595. The van der Waals surface area contributed by atoms with Crippen molar-refractivity contribution in [2.45, 2.75) is 13.0 Å². The SMILES string of the molecule is CC(OC(=O)/C=C/c1c(F)cccc1Cl)C(=O)N(C)c1ccccc1. The van der Waals surface area contributed by atoms with E-state index >= 15 is 0 Å². The van der Waals surface area contributed by atoms with Crippen LogP contribution in [-0.4, -0.2) is 25.0 Å². The molecule has 2 rings (SSSR count). The number of hydrogen-bond acceptors (Lipinski definition) is 3. The average molecular weight is 362 g/mol. The van der Waals surface area contributed by atoms with E-state index in [0.29, 0.717) is 5.69 Å². The minimum Gasteiger partial charge on any atom is -0.449 e. The number of ether oxygens (including phenoxy) is 1. The van der Waals surface area contributed by atoms with E-state index in [1.54, 1.807) is 31.3 Å². The molecule has 0 radical (unpaired) electrons. The van der Waals surface area contributed by atoms with Crippen LogP contribution in [0.25, 0.3) is 6.08 Å². The van der Waals surface area contributed by atoms with Gasteiger partial charge in [-0.1, -0.05) is 35.9 Å². The van der Waals surface area contributed by atoms with Gasteiger partial charge in [-0.2, -0.15) is 0 Å². The average Bonchev–Trinajstić information content (AvgIpc) is 2.60. The van der Waals surface area contributed by atoms with E-state index in [1.807, 2.05) is 6.07 Å². The summed E-state index contributed by atoms with van der Waals surface area (Å²) in [5, 5.41) is 0.178. The molecule has 1 atom stereocenters. The summed E-state index contributed by atoms with van der Waals surface area (Å²) in [4.78, 5) is 25.6. The Balaban J connectivity index is 2.00. The zero-order valence-electron chi connectivity index (χ0n) is 13.8. The second-order valence-electron chi connectivity index (χ2n) is 5.28. The van der Waals surface area contributed by atoms with E-state index in [0.717, 1.165) is 6.08 Å². The summed E-state index contributed by atoms with van der Waals surface area (Å²) in [6.07, 6.45) is 1.27. The van der Waals surface area contributed by atoms with Crippen LogP contribution in [0.15, 0.2) is 54.6 Å². The number of hydrogen-bond donors (Lipinski definition) is 0. The van der Waals surface area contributed by atoms with Crippen LogP contribution in [0, 0.1) is 5.82 Å². The fourth-order valence-electron chi connectivity index (χ4n) is 2.14. The molecule has 0 heterocycles. The van der Waals surface area contributed by atoms with E-state index in [4.69, 9.17) is 16.3 Å². The highest BCUT2D eigenvalue weighted by atomic mass is 35.5.